The minimum absolute atomic E-state index is 0.208. The molecule has 1 aliphatic rings. The standard InChI is InChI=1S/C27H35N3O3/c1-4-23(31)17-29(18-25-11-8-16-32-25)19-26-21(3)28-30(22-9-6-5-7-10-22)27(26)33-24-14-12-20(2)13-15-24/h5-7,9-10,12-15,23,25,31H,4,8,11,16-19H2,1-3H3/t23-,25-/m0/s1. The van der Waals surface area contributed by atoms with Crippen LogP contribution in [-0.4, -0.2) is 51.7 Å². The molecule has 176 valence electrons. The van der Waals surface area contributed by atoms with Crippen LogP contribution >= 0.6 is 0 Å². The molecule has 3 aromatic rings. The molecule has 1 saturated heterocycles. The van der Waals surface area contributed by atoms with Crippen molar-refractivity contribution in [2.45, 2.75) is 58.8 Å². The smallest absolute Gasteiger partial charge is 0.227 e. The van der Waals surface area contributed by atoms with Crippen LogP contribution in [0.5, 0.6) is 11.6 Å². The van der Waals surface area contributed by atoms with Gasteiger partial charge < -0.3 is 14.6 Å². The van der Waals surface area contributed by atoms with Gasteiger partial charge in [-0.1, -0.05) is 42.8 Å². The fourth-order valence-electron chi connectivity index (χ4n) is 4.22. The summed E-state index contributed by atoms with van der Waals surface area (Å²) in [6.45, 7) is 8.94. The first kappa shape index (κ1) is 23.5. The van der Waals surface area contributed by atoms with E-state index in [2.05, 4.69) is 11.8 Å². The third-order valence-corrected chi connectivity index (χ3v) is 6.18. The molecule has 0 saturated carbocycles. The van der Waals surface area contributed by atoms with E-state index in [9.17, 15) is 5.11 Å². The number of aromatic nitrogens is 2. The Morgan fingerprint density at radius 2 is 1.91 bits per heavy atom. The molecule has 2 aromatic carbocycles. The van der Waals surface area contributed by atoms with E-state index in [1.165, 1.54) is 5.56 Å². The lowest BCUT2D eigenvalue weighted by atomic mass is 10.1. The fraction of sp³-hybridized carbons (Fsp3) is 0.444. The van der Waals surface area contributed by atoms with Gasteiger partial charge in [-0.15, -0.1) is 0 Å². The van der Waals surface area contributed by atoms with Gasteiger partial charge in [0.2, 0.25) is 5.88 Å². The zero-order chi connectivity index (χ0) is 23.2. The van der Waals surface area contributed by atoms with E-state index in [1.807, 2.05) is 73.1 Å². The summed E-state index contributed by atoms with van der Waals surface area (Å²) in [5.41, 5.74) is 4.09. The molecular weight excluding hydrogens is 414 g/mol. The molecule has 0 unspecified atom stereocenters. The van der Waals surface area contributed by atoms with Gasteiger partial charge >= 0.3 is 0 Å². The molecule has 33 heavy (non-hydrogen) atoms. The number of nitrogens with zero attached hydrogens (tertiary/aromatic N) is 3. The van der Waals surface area contributed by atoms with Crippen molar-refractivity contribution in [3.05, 3.63) is 71.4 Å². The second-order valence-corrected chi connectivity index (χ2v) is 8.92. The number of aliphatic hydroxyl groups excluding tert-OH is 1. The number of ether oxygens (including phenoxy) is 2. The van der Waals surface area contributed by atoms with Gasteiger partial charge in [-0.05, 0) is 57.4 Å². The second kappa shape index (κ2) is 11.0. The number of hydrogen-bond donors (Lipinski definition) is 1. The SMILES string of the molecule is CC[C@H](O)CN(Cc1c(C)nn(-c2ccccc2)c1Oc1ccc(C)cc1)C[C@@H]1CCCO1. The summed E-state index contributed by atoms with van der Waals surface area (Å²) in [6, 6.07) is 18.1. The van der Waals surface area contributed by atoms with Crippen LogP contribution in [0.25, 0.3) is 5.69 Å². The second-order valence-electron chi connectivity index (χ2n) is 8.92. The minimum Gasteiger partial charge on any atom is -0.439 e. The molecule has 0 spiro atoms. The van der Waals surface area contributed by atoms with Crippen LogP contribution in [0.1, 0.15) is 43.0 Å². The number of rotatable bonds is 10. The minimum atomic E-state index is -0.377. The number of aryl methyl sites for hydroxylation is 2. The summed E-state index contributed by atoms with van der Waals surface area (Å²) in [6.07, 6.45) is 2.71. The molecule has 1 aliphatic heterocycles. The fourth-order valence-corrected chi connectivity index (χ4v) is 4.22. The highest BCUT2D eigenvalue weighted by Gasteiger charge is 2.25. The van der Waals surface area contributed by atoms with Crippen LogP contribution in [0.2, 0.25) is 0 Å². The quantitative estimate of drug-likeness (QED) is 0.470. The summed E-state index contributed by atoms with van der Waals surface area (Å²) >= 11 is 0. The zero-order valence-electron chi connectivity index (χ0n) is 19.9. The third-order valence-electron chi connectivity index (χ3n) is 6.18. The van der Waals surface area contributed by atoms with Crippen molar-refractivity contribution in [3.63, 3.8) is 0 Å². The molecule has 0 amide bonds. The molecule has 6 nitrogen and oxygen atoms in total. The predicted molar refractivity (Wildman–Crippen MR) is 130 cm³/mol. The third kappa shape index (κ3) is 6.02. The molecular formula is C27H35N3O3. The molecule has 1 fully saturated rings. The number of aliphatic hydroxyl groups is 1. The van der Waals surface area contributed by atoms with Crippen molar-refractivity contribution in [1.29, 1.82) is 0 Å². The Morgan fingerprint density at radius 1 is 1.15 bits per heavy atom. The van der Waals surface area contributed by atoms with Crippen molar-refractivity contribution in [1.82, 2.24) is 14.7 Å². The van der Waals surface area contributed by atoms with Gasteiger partial charge in [-0.3, -0.25) is 4.90 Å². The van der Waals surface area contributed by atoms with E-state index >= 15 is 0 Å². The van der Waals surface area contributed by atoms with E-state index in [0.717, 1.165) is 55.1 Å². The molecule has 2 heterocycles. The average molecular weight is 450 g/mol. The van der Waals surface area contributed by atoms with E-state index in [0.29, 0.717) is 19.0 Å². The first-order chi connectivity index (χ1) is 16.0. The van der Waals surface area contributed by atoms with Crippen molar-refractivity contribution >= 4 is 0 Å². The lowest BCUT2D eigenvalue weighted by Crippen LogP contribution is -2.37. The van der Waals surface area contributed by atoms with Crippen molar-refractivity contribution in [2.75, 3.05) is 19.7 Å². The zero-order valence-corrected chi connectivity index (χ0v) is 19.9. The molecule has 4 rings (SSSR count). The molecule has 1 aromatic heterocycles. The van der Waals surface area contributed by atoms with E-state index < -0.39 is 0 Å². The first-order valence-electron chi connectivity index (χ1n) is 11.9. The summed E-state index contributed by atoms with van der Waals surface area (Å²) in [5.74, 6) is 1.49. The Morgan fingerprint density at radius 3 is 2.58 bits per heavy atom. The molecule has 1 N–H and O–H groups in total. The largest absolute Gasteiger partial charge is 0.439 e. The van der Waals surface area contributed by atoms with Gasteiger partial charge in [-0.25, -0.2) is 4.68 Å². The van der Waals surface area contributed by atoms with Crippen molar-refractivity contribution in [2.24, 2.45) is 0 Å². The van der Waals surface area contributed by atoms with Gasteiger partial charge in [0.25, 0.3) is 0 Å². The van der Waals surface area contributed by atoms with E-state index in [1.54, 1.807) is 0 Å². The van der Waals surface area contributed by atoms with Gasteiger partial charge in [0, 0.05) is 26.2 Å². The summed E-state index contributed by atoms with van der Waals surface area (Å²) in [4.78, 5) is 2.28. The van der Waals surface area contributed by atoms with Gasteiger partial charge in [0.05, 0.1) is 29.2 Å². The van der Waals surface area contributed by atoms with Gasteiger partial charge in [0.15, 0.2) is 0 Å². The molecule has 0 aliphatic carbocycles. The van der Waals surface area contributed by atoms with Crippen LogP contribution in [0.4, 0.5) is 0 Å². The van der Waals surface area contributed by atoms with Crippen molar-refractivity contribution in [3.8, 4) is 17.3 Å². The molecule has 0 radical (unpaired) electrons. The Balaban J connectivity index is 1.68. The van der Waals surface area contributed by atoms with Crippen LogP contribution in [0.3, 0.4) is 0 Å². The van der Waals surface area contributed by atoms with Gasteiger partial charge in [0.1, 0.15) is 5.75 Å². The Hall–Kier alpha value is -2.67. The summed E-state index contributed by atoms with van der Waals surface area (Å²) in [5, 5.41) is 15.3. The first-order valence-corrected chi connectivity index (χ1v) is 11.9. The normalized spacial score (nSPS) is 16.9. The Bertz CT molecular complexity index is 1010. The predicted octanol–water partition coefficient (Wildman–Crippen LogP) is 5.03. The van der Waals surface area contributed by atoms with Crippen LogP contribution in [0, 0.1) is 13.8 Å². The lowest BCUT2D eigenvalue weighted by Gasteiger charge is -2.27. The topological polar surface area (TPSA) is 59.8 Å². The highest BCUT2D eigenvalue weighted by Crippen LogP contribution is 2.32. The van der Waals surface area contributed by atoms with Crippen LogP contribution < -0.4 is 4.74 Å². The molecule has 0 bridgehead atoms. The van der Waals surface area contributed by atoms with Crippen LogP contribution in [-0.2, 0) is 11.3 Å². The Kier molecular flexibility index (Phi) is 7.81. The highest BCUT2D eigenvalue weighted by molar-refractivity contribution is 5.43. The molecule has 6 heteroatoms. The van der Waals surface area contributed by atoms with Crippen molar-refractivity contribution < 1.29 is 14.6 Å². The number of para-hydroxylation sites is 1. The highest BCUT2D eigenvalue weighted by atomic mass is 16.5. The molecule has 2 atom stereocenters. The van der Waals surface area contributed by atoms with Crippen LogP contribution in [0.15, 0.2) is 54.6 Å². The average Bonchev–Trinajstić information content (AvgIpc) is 3.44. The Labute approximate surface area is 196 Å². The summed E-state index contributed by atoms with van der Waals surface area (Å²) < 4.78 is 14.2. The maximum Gasteiger partial charge on any atom is 0.227 e. The monoisotopic (exact) mass is 449 g/mol. The van der Waals surface area contributed by atoms with E-state index in [-0.39, 0.29) is 12.2 Å². The maximum atomic E-state index is 10.4. The summed E-state index contributed by atoms with van der Waals surface area (Å²) in [7, 11) is 0. The number of benzene rings is 2. The maximum absolute atomic E-state index is 10.4. The lowest BCUT2D eigenvalue weighted by molar-refractivity contribution is 0.0451. The number of hydrogen-bond acceptors (Lipinski definition) is 5. The van der Waals surface area contributed by atoms with Gasteiger partial charge in [-0.2, -0.15) is 5.10 Å². The van der Waals surface area contributed by atoms with E-state index in [4.69, 9.17) is 14.6 Å².